The van der Waals surface area contributed by atoms with E-state index >= 15 is 0 Å². The Labute approximate surface area is 114 Å². The zero-order valence-electron chi connectivity index (χ0n) is 10.9. The van der Waals surface area contributed by atoms with Crippen molar-refractivity contribution in [2.45, 2.75) is 0 Å². The van der Waals surface area contributed by atoms with Crippen molar-refractivity contribution in [3.05, 3.63) is 40.6 Å². The van der Waals surface area contributed by atoms with E-state index in [4.69, 9.17) is 9.47 Å². The van der Waals surface area contributed by atoms with E-state index in [9.17, 15) is 10.1 Å². The summed E-state index contributed by atoms with van der Waals surface area (Å²) < 4.78 is 10.6. The van der Waals surface area contributed by atoms with Gasteiger partial charge in [0.2, 0.25) is 11.8 Å². The van der Waals surface area contributed by atoms with Crippen molar-refractivity contribution in [3.63, 3.8) is 0 Å². The third kappa shape index (κ3) is 2.91. The first-order valence-electron chi connectivity index (χ1n) is 5.65. The van der Waals surface area contributed by atoms with E-state index in [0.717, 1.165) is 0 Å². The number of nitrogens with one attached hydrogen (secondary N) is 1. The monoisotopic (exact) mass is 276 g/mol. The van der Waals surface area contributed by atoms with E-state index in [0.29, 0.717) is 11.7 Å². The molecule has 2 rings (SSSR count). The molecule has 0 radical (unpaired) electrons. The normalized spacial score (nSPS) is 9.90. The fraction of sp³-hybridized carbons (Fsp3) is 0.167. The fourth-order valence-corrected chi connectivity index (χ4v) is 1.49. The molecule has 0 spiro atoms. The predicted octanol–water partition coefficient (Wildman–Crippen LogP) is 2.23. The van der Waals surface area contributed by atoms with Crippen molar-refractivity contribution >= 4 is 11.6 Å². The molecule has 8 heteroatoms. The summed E-state index contributed by atoms with van der Waals surface area (Å²) in [6.07, 6.45) is 1.51. The lowest BCUT2D eigenvalue weighted by molar-refractivity contribution is -0.384. The van der Waals surface area contributed by atoms with Gasteiger partial charge < -0.3 is 14.8 Å². The van der Waals surface area contributed by atoms with Crippen LogP contribution >= 0.6 is 0 Å². The molecule has 1 heterocycles. The van der Waals surface area contributed by atoms with E-state index in [-0.39, 0.29) is 17.3 Å². The highest BCUT2D eigenvalue weighted by Gasteiger charge is 2.14. The van der Waals surface area contributed by atoms with Crippen LogP contribution in [0.5, 0.6) is 17.4 Å². The Kier molecular flexibility index (Phi) is 3.94. The van der Waals surface area contributed by atoms with Crippen LogP contribution in [0.2, 0.25) is 0 Å². The molecule has 1 aromatic carbocycles. The maximum Gasteiger partial charge on any atom is 0.273 e. The van der Waals surface area contributed by atoms with Gasteiger partial charge in [0.1, 0.15) is 0 Å². The zero-order chi connectivity index (χ0) is 14.5. The maximum absolute atomic E-state index is 10.8. The van der Waals surface area contributed by atoms with Gasteiger partial charge in [-0.2, -0.15) is 4.98 Å². The third-order valence-corrected chi connectivity index (χ3v) is 2.43. The van der Waals surface area contributed by atoms with Crippen molar-refractivity contribution in [3.8, 4) is 17.4 Å². The topological polar surface area (TPSA) is 99.4 Å². The molecule has 0 aliphatic carbocycles. The van der Waals surface area contributed by atoms with Gasteiger partial charge in [-0.05, 0) is 6.07 Å². The quantitative estimate of drug-likeness (QED) is 0.660. The number of nitro groups is 1. The Hall–Kier alpha value is -2.90. The molecule has 0 saturated heterocycles. The summed E-state index contributed by atoms with van der Waals surface area (Å²) >= 11 is 0. The standard InChI is InChI=1S/C12H12N4O4/c1-13-12-14-6-5-11(15-12)20-10-7-8(16(17)18)3-4-9(10)19-2/h3-7H,1-2H3,(H,13,14,15). The molecule has 1 N–H and O–H groups in total. The summed E-state index contributed by atoms with van der Waals surface area (Å²) in [4.78, 5) is 18.3. The van der Waals surface area contributed by atoms with Gasteiger partial charge in [0, 0.05) is 25.4 Å². The van der Waals surface area contributed by atoms with Gasteiger partial charge in [-0.15, -0.1) is 0 Å². The van der Waals surface area contributed by atoms with Crippen molar-refractivity contribution in [1.82, 2.24) is 9.97 Å². The van der Waals surface area contributed by atoms with Crippen molar-refractivity contribution in [2.75, 3.05) is 19.5 Å². The smallest absolute Gasteiger partial charge is 0.273 e. The van der Waals surface area contributed by atoms with E-state index in [1.165, 1.54) is 31.5 Å². The summed E-state index contributed by atoms with van der Waals surface area (Å²) in [5.74, 6) is 1.22. The van der Waals surface area contributed by atoms with Crippen LogP contribution in [-0.2, 0) is 0 Å². The molecule has 0 aliphatic heterocycles. The number of ether oxygens (including phenoxy) is 2. The minimum atomic E-state index is -0.509. The number of non-ortho nitro benzene ring substituents is 1. The fourth-order valence-electron chi connectivity index (χ4n) is 1.49. The number of nitrogens with zero attached hydrogens (tertiary/aromatic N) is 3. The van der Waals surface area contributed by atoms with E-state index in [1.807, 2.05) is 0 Å². The molecule has 8 nitrogen and oxygen atoms in total. The Morgan fingerprint density at radius 1 is 1.30 bits per heavy atom. The number of hydrogen-bond acceptors (Lipinski definition) is 7. The van der Waals surface area contributed by atoms with Crippen LogP contribution in [0, 0.1) is 10.1 Å². The van der Waals surface area contributed by atoms with Crippen molar-refractivity contribution in [1.29, 1.82) is 0 Å². The highest BCUT2D eigenvalue weighted by atomic mass is 16.6. The van der Waals surface area contributed by atoms with Crippen LogP contribution in [0.1, 0.15) is 0 Å². The number of aromatic nitrogens is 2. The molecule has 104 valence electrons. The Morgan fingerprint density at radius 2 is 2.10 bits per heavy atom. The van der Waals surface area contributed by atoms with Gasteiger partial charge in [-0.25, -0.2) is 4.98 Å². The second-order valence-corrected chi connectivity index (χ2v) is 3.66. The summed E-state index contributed by atoms with van der Waals surface area (Å²) in [6, 6.07) is 5.62. The maximum atomic E-state index is 10.8. The molecule has 0 aliphatic rings. The second kappa shape index (κ2) is 5.83. The average molecular weight is 276 g/mol. The lowest BCUT2D eigenvalue weighted by Gasteiger charge is -2.09. The molecule has 0 bridgehead atoms. The van der Waals surface area contributed by atoms with Gasteiger partial charge in [0.15, 0.2) is 11.5 Å². The number of nitro benzene ring substituents is 1. The number of rotatable bonds is 5. The minimum absolute atomic E-state index is 0.0938. The molecule has 2 aromatic rings. The van der Waals surface area contributed by atoms with Crippen LogP contribution in [0.3, 0.4) is 0 Å². The molecule has 1 aromatic heterocycles. The summed E-state index contributed by atoms with van der Waals surface area (Å²) in [5, 5.41) is 13.5. The summed E-state index contributed by atoms with van der Waals surface area (Å²) in [7, 11) is 3.13. The summed E-state index contributed by atoms with van der Waals surface area (Å²) in [6.45, 7) is 0. The number of methoxy groups -OCH3 is 1. The molecule has 0 amide bonds. The van der Waals surface area contributed by atoms with Gasteiger partial charge in [-0.3, -0.25) is 10.1 Å². The summed E-state index contributed by atoms with van der Waals surface area (Å²) in [5.41, 5.74) is -0.0938. The first kappa shape index (κ1) is 13.5. The number of benzene rings is 1. The van der Waals surface area contributed by atoms with Crippen LogP contribution in [0.4, 0.5) is 11.6 Å². The Bertz CT molecular complexity index is 633. The number of anilines is 1. The second-order valence-electron chi connectivity index (χ2n) is 3.66. The van der Waals surface area contributed by atoms with Gasteiger partial charge in [-0.1, -0.05) is 0 Å². The van der Waals surface area contributed by atoms with Gasteiger partial charge in [0.05, 0.1) is 18.1 Å². The lowest BCUT2D eigenvalue weighted by Crippen LogP contribution is -1.98. The van der Waals surface area contributed by atoms with Crippen LogP contribution in [-0.4, -0.2) is 29.0 Å². The molecule has 0 saturated carbocycles. The zero-order valence-corrected chi connectivity index (χ0v) is 10.9. The first-order chi connectivity index (χ1) is 9.63. The molecule has 0 atom stereocenters. The van der Waals surface area contributed by atoms with Crippen LogP contribution in [0.25, 0.3) is 0 Å². The minimum Gasteiger partial charge on any atom is -0.493 e. The van der Waals surface area contributed by atoms with Gasteiger partial charge in [0.25, 0.3) is 5.69 Å². The average Bonchev–Trinajstić information content (AvgIpc) is 2.47. The molecular formula is C12H12N4O4. The van der Waals surface area contributed by atoms with E-state index in [1.54, 1.807) is 13.1 Å². The molecular weight excluding hydrogens is 264 g/mol. The predicted molar refractivity (Wildman–Crippen MR) is 71.3 cm³/mol. The van der Waals surface area contributed by atoms with E-state index in [2.05, 4.69) is 15.3 Å². The molecule has 0 fully saturated rings. The third-order valence-electron chi connectivity index (χ3n) is 2.43. The first-order valence-corrected chi connectivity index (χ1v) is 5.65. The number of hydrogen-bond donors (Lipinski definition) is 1. The Morgan fingerprint density at radius 3 is 2.75 bits per heavy atom. The molecule has 0 unspecified atom stereocenters. The van der Waals surface area contributed by atoms with E-state index < -0.39 is 4.92 Å². The largest absolute Gasteiger partial charge is 0.493 e. The van der Waals surface area contributed by atoms with Crippen molar-refractivity contribution < 1.29 is 14.4 Å². The molecule has 20 heavy (non-hydrogen) atoms. The Balaban J connectivity index is 2.35. The van der Waals surface area contributed by atoms with Crippen LogP contribution < -0.4 is 14.8 Å². The highest BCUT2D eigenvalue weighted by molar-refractivity contribution is 5.49. The lowest BCUT2D eigenvalue weighted by atomic mass is 10.3. The van der Waals surface area contributed by atoms with Crippen LogP contribution in [0.15, 0.2) is 30.5 Å². The highest BCUT2D eigenvalue weighted by Crippen LogP contribution is 2.34. The van der Waals surface area contributed by atoms with Gasteiger partial charge >= 0.3 is 0 Å². The SMILES string of the molecule is CNc1nccc(Oc2cc([N+](=O)[O-])ccc2OC)n1. The van der Waals surface area contributed by atoms with Crippen molar-refractivity contribution in [2.24, 2.45) is 0 Å².